The molecule has 28 heavy (non-hydrogen) atoms. The zero-order valence-electron chi connectivity index (χ0n) is 15.4. The van der Waals surface area contributed by atoms with Crippen molar-refractivity contribution in [1.82, 2.24) is 34.5 Å². The lowest BCUT2D eigenvalue weighted by molar-refractivity contribution is 0.202. The Kier molecular flexibility index (Phi) is 4.00. The van der Waals surface area contributed by atoms with Crippen LogP contribution in [0.15, 0.2) is 35.1 Å². The van der Waals surface area contributed by atoms with E-state index in [0.717, 1.165) is 47.8 Å². The molecule has 0 spiro atoms. The highest BCUT2D eigenvalue weighted by Gasteiger charge is 2.22. The normalized spacial score (nSPS) is 16.3. The van der Waals surface area contributed by atoms with Crippen molar-refractivity contribution in [2.75, 3.05) is 13.1 Å². The van der Waals surface area contributed by atoms with E-state index in [0.29, 0.717) is 26.1 Å². The van der Waals surface area contributed by atoms with Crippen molar-refractivity contribution in [2.24, 2.45) is 0 Å². The van der Waals surface area contributed by atoms with Crippen molar-refractivity contribution in [3.05, 3.63) is 52.5 Å². The third-order valence-electron chi connectivity index (χ3n) is 5.43. The summed E-state index contributed by atoms with van der Waals surface area (Å²) in [5.41, 5.74) is 2.44. The Hall–Kier alpha value is -3.36. The number of rotatable bonds is 3. The Morgan fingerprint density at radius 3 is 2.93 bits per heavy atom. The first-order valence-corrected chi connectivity index (χ1v) is 9.53. The summed E-state index contributed by atoms with van der Waals surface area (Å²) in [4.78, 5) is 29.5. The molecule has 2 aliphatic rings. The Bertz CT molecular complexity index is 1140. The highest BCUT2D eigenvalue weighted by molar-refractivity contribution is 5.80. The van der Waals surface area contributed by atoms with Gasteiger partial charge in [-0.25, -0.2) is 9.59 Å². The highest BCUT2D eigenvalue weighted by Crippen LogP contribution is 2.20. The molecule has 0 bridgehead atoms. The Labute approximate surface area is 160 Å². The van der Waals surface area contributed by atoms with Gasteiger partial charge in [0.25, 0.3) is 0 Å². The first kappa shape index (κ1) is 16.8. The number of amides is 2. The minimum atomic E-state index is -0.147. The number of hydrogen-bond acceptors (Lipinski definition) is 4. The number of nitrogens with zero attached hydrogens (tertiary/aromatic N) is 5. The molecule has 0 saturated carbocycles. The van der Waals surface area contributed by atoms with Crippen LogP contribution < -0.4 is 11.0 Å². The van der Waals surface area contributed by atoms with E-state index in [1.807, 2.05) is 30.3 Å². The molecule has 0 unspecified atom stereocenters. The molecule has 0 saturated heterocycles. The smallest absolute Gasteiger partial charge is 0.330 e. The van der Waals surface area contributed by atoms with Crippen LogP contribution in [0.3, 0.4) is 0 Å². The van der Waals surface area contributed by atoms with E-state index in [4.69, 9.17) is 0 Å². The van der Waals surface area contributed by atoms with E-state index in [1.54, 1.807) is 9.47 Å². The predicted molar refractivity (Wildman–Crippen MR) is 104 cm³/mol. The standard InChI is InChI=1S/C19H21N7O2/c27-18(20-12-17-23-22-16-6-3-9-25(16)17)24-10-7-13(8-11-24)26-15-5-2-1-4-14(15)21-19(26)28/h1-2,4-5,7H,3,6,8-12H2,(H,20,27)(H,21,28). The number of benzene rings is 1. The largest absolute Gasteiger partial charge is 0.331 e. The van der Waals surface area contributed by atoms with Crippen LogP contribution in [0.5, 0.6) is 0 Å². The second-order valence-electron chi connectivity index (χ2n) is 7.12. The number of hydrogen-bond donors (Lipinski definition) is 2. The van der Waals surface area contributed by atoms with Crippen molar-refractivity contribution in [2.45, 2.75) is 32.4 Å². The van der Waals surface area contributed by atoms with E-state index in [-0.39, 0.29) is 11.7 Å². The number of urea groups is 1. The quantitative estimate of drug-likeness (QED) is 0.717. The van der Waals surface area contributed by atoms with Gasteiger partial charge in [-0.1, -0.05) is 12.1 Å². The number of nitrogens with one attached hydrogen (secondary N) is 2. The maximum atomic E-state index is 12.5. The molecule has 0 atom stereocenters. The van der Waals surface area contributed by atoms with Crippen LogP contribution in [0.2, 0.25) is 0 Å². The van der Waals surface area contributed by atoms with E-state index < -0.39 is 0 Å². The minimum absolute atomic E-state index is 0.128. The number of carbonyl (C=O) groups is 1. The molecular weight excluding hydrogens is 358 g/mol. The van der Waals surface area contributed by atoms with Gasteiger partial charge in [0.15, 0.2) is 5.82 Å². The zero-order chi connectivity index (χ0) is 19.1. The zero-order valence-corrected chi connectivity index (χ0v) is 15.4. The summed E-state index contributed by atoms with van der Waals surface area (Å²) in [5.74, 6) is 1.80. The monoisotopic (exact) mass is 379 g/mol. The molecule has 9 heteroatoms. The van der Waals surface area contributed by atoms with E-state index in [9.17, 15) is 9.59 Å². The van der Waals surface area contributed by atoms with Gasteiger partial charge >= 0.3 is 11.7 Å². The average Bonchev–Trinajstić information content (AvgIpc) is 3.40. The summed E-state index contributed by atoms with van der Waals surface area (Å²) in [5, 5.41) is 11.3. The fraction of sp³-hybridized carbons (Fsp3) is 0.368. The molecule has 0 fully saturated rings. The summed E-state index contributed by atoms with van der Waals surface area (Å²) < 4.78 is 3.78. The molecule has 2 aromatic heterocycles. The molecule has 0 aliphatic carbocycles. The van der Waals surface area contributed by atoms with Gasteiger partial charge in [0.2, 0.25) is 0 Å². The maximum absolute atomic E-state index is 12.5. The van der Waals surface area contributed by atoms with Crippen LogP contribution in [0.4, 0.5) is 4.79 Å². The Morgan fingerprint density at radius 1 is 1.18 bits per heavy atom. The predicted octanol–water partition coefficient (Wildman–Crippen LogP) is 1.32. The number of aromatic nitrogens is 5. The highest BCUT2D eigenvalue weighted by atomic mass is 16.2. The van der Waals surface area contributed by atoms with Crippen molar-refractivity contribution >= 4 is 22.8 Å². The van der Waals surface area contributed by atoms with Crippen molar-refractivity contribution in [3.63, 3.8) is 0 Å². The summed E-state index contributed by atoms with van der Waals surface area (Å²) >= 11 is 0. The van der Waals surface area contributed by atoms with E-state index in [2.05, 4.69) is 25.1 Å². The molecule has 9 nitrogen and oxygen atoms in total. The number of fused-ring (bicyclic) bond motifs is 2. The van der Waals surface area contributed by atoms with Crippen molar-refractivity contribution in [3.8, 4) is 0 Å². The molecule has 0 radical (unpaired) electrons. The summed E-state index contributed by atoms with van der Waals surface area (Å²) in [7, 11) is 0. The Morgan fingerprint density at radius 2 is 2.07 bits per heavy atom. The van der Waals surface area contributed by atoms with Gasteiger partial charge in [-0.2, -0.15) is 0 Å². The van der Waals surface area contributed by atoms with Crippen LogP contribution in [-0.2, 0) is 19.5 Å². The lowest BCUT2D eigenvalue weighted by Crippen LogP contribution is -2.42. The molecular formula is C19H21N7O2. The van der Waals surface area contributed by atoms with Crippen molar-refractivity contribution in [1.29, 1.82) is 0 Å². The molecule has 2 aliphatic heterocycles. The topological polar surface area (TPSA) is 101 Å². The summed E-state index contributed by atoms with van der Waals surface area (Å²) in [6.07, 6.45) is 4.60. The van der Waals surface area contributed by atoms with Crippen LogP contribution in [0, 0.1) is 0 Å². The summed E-state index contributed by atoms with van der Waals surface area (Å²) in [6.45, 7) is 2.32. The van der Waals surface area contributed by atoms with E-state index in [1.165, 1.54) is 0 Å². The van der Waals surface area contributed by atoms with Gasteiger partial charge in [-0.3, -0.25) is 4.57 Å². The maximum Gasteiger partial charge on any atom is 0.330 e. The molecule has 144 valence electrons. The van der Waals surface area contributed by atoms with Gasteiger partial charge in [-0.15, -0.1) is 10.2 Å². The molecule has 2 N–H and O–H groups in total. The number of aryl methyl sites for hydroxylation is 1. The van der Waals surface area contributed by atoms with Gasteiger partial charge in [0.05, 0.1) is 17.6 Å². The SMILES string of the molecule is O=C(NCc1nnc2n1CCC2)N1CC=C(n2c(=O)[nH]c3ccccc32)CC1. The lowest BCUT2D eigenvalue weighted by atomic mass is 10.2. The average molecular weight is 379 g/mol. The summed E-state index contributed by atoms with van der Waals surface area (Å²) in [6, 6.07) is 7.49. The van der Waals surface area contributed by atoms with Crippen LogP contribution in [-0.4, -0.2) is 48.3 Å². The van der Waals surface area contributed by atoms with Crippen LogP contribution in [0.1, 0.15) is 24.5 Å². The van der Waals surface area contributed by atoms with Gasteiger partial charge in [0.1, 0.15) is 5.82 Å². The minimum Gasteiger partial charge on any atom is -0.331 e. The molecule has 2 amide bonds. The van der Waals surface area contributed by atoms with Crippen molar-refractivity contribution < 1.29 is 4.79 Å². The van der Waals surface area contributed by atoms with E-state index >= 15 is 0 Å². The van der Waals surface area contributed by atoms with Crippen LogP contribution >= 0.6 is 0 Å². The van der Waals surface area contributed by atoms with Gasteiger partial charge in [-0.05, 0) is 24.6 Å². The fourth-order valence-corrected chi connectivity index (χ4v) is 3.99. The molecule has 4 heterocycles. The first-order chi connectivity index (χ1) is 13.7. The number of carbonyl (C=O) groups excluding carboxylic acids is 1. The van der Waals surface area contributed by atoms with Gasteiger partial charge in [0, 0.05) is 38.2 Å². The fourth-order valence-electron chi connectivity index (χ4n) is 3.99. The number of H-pyrrole nitrogens is 1. The van der Waals surface area contributed by atoms with Crippen LogP contribution in [0.25, 0.3) is 16.7 Å². The first-order valence-electron chi connectivity index (χ1n) is 9.53. The second-order valence-corrected chi connectivity index (χ2v) is 7.12. The Balaban J connectivity index is 1.27. The molecule has 3 aromatic rings. The lowest BCUT2D eigenvalue weighted by Gasteiger charge is -2.26. The number of imidazole rings is 1. The molecule has 5 rings (SSSR count). The second kappa shape index (κ2) is 6.66. The molecule has 1 aromatic carbocycles. The third kappa shape index (κ3) is 2.79. The number of aromatic amines is 1. The van der Waals surface area contributed by atoms with Gasteiger partial charge < -0.3 is 19.8 Å². The third-order valence-corrected chi connectivity index (χ3v) is 5.43. The number of para-hydroxylation sites is 2.